The summed E-state index contributed by atoms with van der Waals surface area (Å²) in [5.41, 5.74) is 4.32. The summed E-state index contributed by atoms with van der Waals surface area (Å²) in [5, 5.41) is 0. The average molecular weight is 353 g/mol. The van der Waals surface area contributed by atoms with Crippen LogP contribution in [0.25, 0.3) is 6.08 Å². The summed E-state index contributed by atoms with van der Waals surface area (Å²) in [6.07, 6.45) is 12.4. The third kappa shape index (κ3) is 4.01. The van der Waals surface area contributed by atoms with E-state index in [9.17, 15) is 0 Å². The van der Waals surface area contributed by atoms with Crippen molar-refractivity contribution in [3.63, 3.8) is 0 Å². The molecule has 1 aromatic carbocycles. The van der Waals surface area contributed by atoms with Gasteiger partial charge in [-0.1, -0.05) is 43.5 Å². The minimum absolute atomic E-state index is 0.804. The summed E-state index contributed by atoms with van der Waals surface area (Å²) in [6.45, 7) is 9.71. The molecule has 0 radical (unpaired) electrons. The predicted molar refractivity (Wildman–Crippen MR) is 111 cm³/mol. The number of nitrogens with zero attached hydrogens (tertiary/aromatic N) is 2. The van der Waals surface area contributed by atoms with Gasteiger partial charge in [0.2, 0.25) is 0 Å². The van der Waals surface area contributed by atoms with Crippen LogP contribution in [0.5, 0.6) is 0 Å². The monoisotopic (exact) mass is 352 g/mol. The molecule has 3 unspecified atom stereocenters. The van der Waals surface area contributed by atoms with E-state index in [0.29, 0.717) is 0 Å². The predicted octanol–water partition coefficient (Wildman–Crippen LogP) is 5.54. The largest absolute Gasteiger partial charge is 0.371 e. The van der Waals surface area contributed by atoms with Gasteiger partial charge in [0, 0.05) is 31.4 Å². The van der Waals surface area contributed by atoms with Crippen LogP contribution in [-0.2, 0) is 6.54 Å². The molecular formula is C24H36N2. The maximum Gasteiger partial charge on any atom is 0.0432 e. The summed E-state index contributed by atoms with van der Waals surface area (Å²) in [5.74, 6) is 2.04. The van der Waals surface area contributed by atoms with Crippen molar-refractivity contribution in [3.05, 3.63) is 41.1 Å². The molecule has 1 aromatic rings. The summed E-state index contributed by atoms with van der Waals surface area (Å²) in [6, 6.07) is 9.64. The lowest BCUT2D eigenvalue weighted by atomic mass is 9.73. The number of unbranched alkanes of at least 4 members (excludes halogenated alkanes) is 1. The summed E-state index contributed by atoms with van der Waals surface area (Å²) in [7, 11) is 0. The first-order valence-corrected chi connectivity index (χ1v) is 11.0. The van der Waals surface area contributed by atoms with Gasteiger partial charge in [0.1, 0.15) is 0 Å². The van der Waals surface area contributed by atoms with Gasteiger partial charge < -0.3 is 9.80 Å². The lowest BCUT2D eigenvalue weighted by Gasteiger charge is -2.45. The number of fused-ring (bicyclic) bond motifs is 2. The zero-order chi connectivity index (χ0) is 17.9. The number of hydrogen-bond acceptors (Lipinski definition) is 2. The summed E-state index contributed by atoms with van der Waals surface area (Å²) < 4.78 is 0. The van der Waals surface area contributed by atoms with Crippen LogP contribution >= 0.6 is 0 Å². The Morgan fingerprint density at radius 3 is 2.65 bits per heavy atom. The third-order valence-electron chi connectivity index (χ3n) is 7.21. The number of hydrogen-bond donors (Lipinski definition) is 0. The third-order valence-corrected chi connectivity index (χ3v) is 7.21. The van der Waals surface area contributed by atoms with E-state index < -0.39 is 0 Å². The Morgan fingerprint density at radius 1 is 1.00 bits per heavy atom. The second kappa shape index (κ2) is 8.17. The van der Waals surface area contributed by atoms with Crippen LogP contribution in [0.3, 0.4) is 0 Å². The van der Waals surface area contributed by atoms with Crippen LogP contribution in [-0.4, -0.2) is 35.5 Å². The van der Waals surface area contributed by atoms with E-state index in [2.05, 4.69) is 54.0 Å². The van der Waals surface area contributed by atoms with Crippen molar-refractivity contribution in [1.82, 2.24) is 9.80 Å². The standard InChI is InChI=1S/C24H36N2/c1-19-15-21-9-3-5-11-23(21)17-25(19)13-7-8-14-26-18-24-12-6-4-10-22(24)16-20(26)2/h3,5,9,11,15,20,22,24H,4,6-8,10,12-14,16-18H2,1-2H3. The fourth-order valence-electron chi connectivity index (χ4n) is 5.55. The van der Waals surface area contributed by atoms with Gasteiger partial charge in [0.05, 0.1) is 0 Å². The number of allylic oxidation sites excluding steroid dienone is 1. The van der Waals surface area contributed by atoms with Gasteiger partial charge in [-0.15, -0.1) is 0 Å². The molecule has 2 fully saturated rings. The molecule has 0 N–H and O–H groups in total. The maximum atomic E-state index is 2.81. The zero-order valence-electron chi connectivity index (χ0n) is 16.8. The minimum atomic E-state index is 0.804. The van der Waals surface area contributed by atoms with Gasteiger partial charge in [-0.3, -0.25) is 0 Å². The summed E-state index contributed by atoms with van der Waals surface area (Å²) >= 11 is 0. The van der Waals surface area contributed by atoms with Gasteiger partial charge in [0.25, 0.3) is 0 Å². The maximum absolute atomic E-state index is 2.81. The van der Waals surface area contributed by atoms with Gasteiger partial charge in [-0.05, 0) is 75.1 Å². The van der Waals surface area contributed by atoms with Crippen molar-refractivity contribution in [1.29, 1.82) is 0 Å². The molecule has 1 aliphatic carbocycles. The molecule has 0 spiro atoms. The molecule has 0 amide bonds. The Morgan fingerprint density at radius 2 is 1.77 bits per heavy atom. The Bertz CT molecular complexity index is 635. The molecule has 3 aliphatic rings. The molecule has 2 heterocycles. The van der Waals surface area contributed by atoms with Crippen molar-refractivity contribution >= 4 is 6.08 Å². The van der Waals surface area contributed by atoms with Crippen molar-refractivity contribution in [2.24, 2.45) is 11.8 Å². The SMILES string of the molecule is CC1=Cc2ccccc2CN1CCCCN1CC2CCCCC2CC1C. The quantitative estimate of drug-likeness (QED) is 0.642. The highest BCUT2D eigenvalue weighted by Gasteiger charge is 2.34. The molecule has 2 nitrogen and oxygen atoms in total. The highest BCUT2D eigenvalue weighted by atomic mass is 15.2. The van der Waals surface area contributed by atoms with Crippen LogP contribution in [0.15, 0.2) is 30.0 Å². The van der Waals surface area contributed by atoms with E-state index in [0.717, 1.165) is 24.4 Å². The molecule has 3 atom stereocenters. The normalized spacial score (nSPS) is 29.1. The lowest BCUT2D eigenvalue weighted by Crippen LogP contribution is -2.47. The number of rotatable bonds is 5. The molecule has 2 aliphatic heterocycles. The Labute approximate surface area is 160 Å². The van der Waals surface area contributed by atoms with E-state index in [1.807, 2.05) is 0 Å². The average Bonchev–Trinajstić information content (AvgIpc) is 2.65. The van der Waals surface area contributed by atoms with Gasteiger partial charge in [-0.25, -0.2) is 0 Å². The van der Waals surface area contributed by atoms with Crippen LogP contribution < -0.4 is 0 Å². The number of benzene rings is 1. The first-order chi connectivity index (χ1) is 12.7. The molecule has 0 aromatic heterocycles. The molecule has 26 heavy (non-hydrogen) atoms. The smallest absolute Gasteiger partial charge is 0.0432 e. The summed E-state index contributed by atoms with van der Waals surface area (Å²) in [4.78, 5) is 5.37. The highest BCUT2D eigenvalue weighted by molar-refractivity contribution is 5.58. The molecule has 1 saturated carbocycles. The Balaban J connectivity index is 1.23. The van der Waals surface area contributed by atoms with Crippen LogP contribution in [0.2, 0.25) is 0 Å². The molecule has 0 bridgehead atoms. The van der Waals surface area contributed by atoms with E-state index in [1.54, 1.807) is 0 Å². The molecule has 4 rings (SSSR count). The van der Waals surface area contributed by atoms with E-state index >= 15 is 0 Å². The molecule has 2 heteroatoms. The molecule has 142 valence electrons. The van der Waals surface area contributed by atoms with Crippen molar-refractivity contribution in [3.8, 4) is 0 Å². The van der Waals surface area contributed by atoms with E-state index in [1.165, 1.54) is 81.4 Å². The minimum Gasteiger partial charge on any atom is -0.371 e. The van der Waals surface area contributed by atoms with Gasteiger partial charge in [0.15, 0.2) is 0 Å². The van der Waals surface area contributed by atoms with E-state index in [4.69, 9.17) is 0 Å². The van der Waals surface area contributed by atoms with Crippen LogP contribution in [0.4, 0.5) is 0 Å². The second-order valence-electron chi connectivity index (χ2n) is 9.00. The topological polar surface area (TPSA) is 6.48 Å². The number of piperidine rings is 1. The Kier molecular flexibility index (Phi) is 5.69. The van der Waals surface area contributed by atoms with Gasteiger partial charge >= 0.3 is 0 Å². The first-order valence-electron chi connectivity index (χ1n) is 11.0. The van der Waals surface area contributed by atoms with E-state index in [-0.39, 0.29) is 0 Å². The van der Waals surface area contributed by atoms with Crippen LogP contribution in [0.1, 0.15) is 69.9 Å². The molecular weight excluding hydrogens is 316 g/mol. The fourth-order valence-corrected chi connectivity index (χ4v) is 5.55. The number of likely N-dealkylation sites (tertiary alicyclic amines) is 1. The second-order valence-corrected chi connectivity index (χ2v) is 9.00. The molecule has 1 saturated heterocycles. The van der Waals surface area contributed by atoms with Gasteiger partial charge in [-0.2, -0.15) is 0 Å². The van der Waals surface area contributed by atoms with Crippen molar-refractivity contribution in [2.45, 2.75) is 71.4 Å². The Hall–Kier alpha value is -1.28. The fraction of sp³-hybridized carbons (Fsp3) is 0.667. The van der Waals surface area contributed by atoms with Crippen LogP contribution in [0, 0.1) is 11.8 Å². The zero-order valence-corrected chi connectivity index (χ0v) is 16.8. The van der Waals surface area contributed by atoms with Crippen molar-refractivity contribution in [2.75, 3.05) is 19.6 Å². The lowest BCUT2D eigenvalue weighted by molar-refractivity contribution is 0.0448. The van der Waals surface area contributed by atoms with Crippen molar-refractivity contribution < 1.29 is 0 Å². The highest BCUT2D eigenvalue weighted by Crippen LogP contribution is 2.38. The first kappa shape index (κ1) is 18.1.